The number of hydrogen-bond acceptors (Lipinski definition) is 4. The van der Waals surface area contributed by atoms with Crippen LogP contribution in [0.4, 0.5) is 5.69 Å². The highest BCUT2D eigenvalue weighted by Crippen LogP contribution is 2.30. The normalized spacial score (nSPS) is 11.4. The average molecular weight is 446 g/mol. The zero-order valence-corrected chi connectivity index (χ0v) is 18.5. The molecule has 30 heavy (non-hydrogen) atoms. The van der Waals surface area contributed by atoms with Crippen molar-refractivity contribution >= 4 is 33.0 Å². The molecule has 0 aliphatic heterocycles. The molecule has 8 heteroatoms. The van der Waals surface area contributed by atoms with Crippen molar-refractivity contribution in [3.05, 3.63) is 65.3 Å². The lowest BCUT2D eigenvalue weighted by atomic mass is 10.1. The van der Waals surface area contributed by atoms with E-state index in [0.717, 1.165) is 29.8 Å². The van der Waals surface area contributed by atoms with Gasteiger partial charge in [-0.1, -0.05) is 37.6 Å². The average Bonchev–Trinajstić information content (AvgIpc) is 3.18. The van der Waals surface area contributed by atoms with Gasteiger partial charge in [0.15, 0.2) is 9.84 Å². The highest BCUT2D eigenvalue weighted by Gasteiger charge is 2.13. The summed E-state index contributed by atoms with van der Waals surface area (Å²) in [5.41, 5.74) is 3.06. The Labute approximate surface area is 181 Å². The molecule has 0 unspecified atom stereocenters. The highest BCUT2D eigenvalue weighted by atomic mass is 35.5. The molecule has 1 aromatic heterocycles. The molecule has 158 valence electrons. The number of anilines is 1. The molecular formula is C22H24ClN3O3S. The third-order valence-electron chi connectivity index (χ3n) is 4.71. The van der Waals surface area contributed by atoms with Crippen molar-refractivity contribution in [2.24, 2.45) is 0 Å². The molecule has 0 saturated heterocycles. The Morgan fingerprint density at radius 1 is 1.10 bits per heavy atom. The number of aromatic nitrogens is 2. The van der Waals surface area contributed by atoms with Gasteiger partial charge in [-0.2, -0.15) is 5.10 Å². The summed E-state index contributed by atoms with van der Waals surface area (Å²) in [7, 11) is -3.25. The minimum absolute atomic E-state index is 0.0445. The van der Waals surface area contributed by atoms with Gasteiger partial charge in [-0.3, -0.25) is 9.48 Å². The molecule has 0 atom stereocenters. The molecule has 0 radical (unpaired) electrons. The van der Waals surface area contributed by atoms with E-state index in [-0.39, 0.29) is 23.0 Å². The Hall–Kier alpha value is -2.64. The van der Waals surface area contributed by atoms with Gasteiger partial charge in [0.25, 0.3) is 0 Å². The van der Waals surface area contributed by atoms with E-state index in [9.17, 15) is 13.2 Å². The molecule has 1 amide bonds. The van der Waals surface area contributed by atoms with E-state index in [1.165, 1.54) is 12.1 Å². The molecule has 6 nitrogen and oxygen atoms in total. The van der Waals surface area contributed by atoms with Crippen molar-refractivity contribution in [2.45, 2.75) is 38.1 Å². The van der Waals surface area contributed by atoms with Gasteiger partial charge in [0.2, 0.25) is 5.91 Å². The zero-order valence-electron chi connectivity index (χ0n) is 16.9. The van der Waals surface area contributed by atoms with Gasteiger partial charge in [-0.25, -0.2) is 8.42 Å². The number of amides is 1. The topological polar surface area (TPSA) is 81.1 Å². The maximum absolute atomic E-state index is 12.5. The second-order valence-corrected chi connectivity index (χ2v) is 9.59. The maximum Gasteiger partial charge on any atom is 0.228 e. The van der Waals surface area contributed by atoms with E-state index in [1.54, 1.807) is 37.4 Å². The van der Waals surface area contributed by atoms with Crippen molar-refractivity contribution in [3.63, 3.8) is 0 Å². The number of aryl methyl sites for hydroxylation is 1. The number of nitrogens with one attached hydrogen (secondary N) is 1. The van der Waals surface area contributed by atoms with E-state index < -0.39 is 9.84 Å². The number of halogens is 1. The van der Waals surface area contributed by atoms with Crippen molar-refractivity contribution < 1.29 is 13.2 Å². The van der Waals surface area contributed by atoms with Crippen molar-refractivity contribution in [1.29, 1.82) is 0 Å². The number of carbonyl (C=O) groups is 1. The molecule has 0 fully saturated rings. The quantitative estimate of drug-likeness (QED) is 0.549. The summed E-state index contributed by atoms with van der Waals surface area (Å²) >= 11 is 6.39. The Bertz CT molecular complexity index is 1140. The van der Waals surface area contributed by atoms with Gasteiger partial charge < -0.3 is 5.32 Å². The number of hydrogen-bond donors (Lipinski definition) is 1. The summed E-state index contributed by atoms with van der Waals surface area (Å²) in [6.45, 7) is 4.46. The largest absolute Gasteiger partial charge is 0.326 e. The Morgan fingerprint density at radius 2 is 1.83 bits per heavy atom. The minimum Gasteiger partial charge on any atom is -0.326 e. The zero-order chi connectivity index (χ0) is 21.7. The molecule has 3 rings (SSSR count). The Morgan fingerprint density at radius 3 is 2.50 bits per heavy atom. The van der Waals surface area contributed by atoms with Crippen molar-refractivity contribution in [3.8, 4) is 11.3 Å². The van der Waals surface area contributed by atoms with E-state index in [4.69, 9.17) is 11.6 Å². The minimum atomic E-state index is -3.25. The van der Waals surface area contributed by atoms with Gasteiger partial charge in [0.1, 0.15) is 0 Å². The second-order valence-electron chi connectivity index (χ2n) is 6.91. The number of nitrogens with zero attached hydrogens (tertiary/aromatic N) is 2. The van der Waals surface area contributed by atoms with Gasteiger partial charge in [0.05, 0.1) is 27.8 Å². The molecule has 0 saturated carbocycles. The van der Waals surface area contributed by atoms with Crippen LogP contribution in [0.15, 0.2) is 59.6 Å². The fourth-order valence-corrected chi connectivity index (χ4v) is 4.22. The SMILES string of the molecule is CCCn1nccc1-c1cc(NC(=O)Cc2ccc(S(=O)(=O)CC)cc2)ccc1Cl. The first kappa shape index (κ1) is 22.1. The van der Waals surface area contributed by atoms with Crippen molar-refractivity contribution in [2.75, 3.05) is 11.1 Å². The third-order valence-corrected chi connectivity index (χ3v) is 6.79. The molecule has 1 N–H and O–H groups in total. The number of carbonyl (C=O) groups excluding carboxylic acids is 1. The Kier molecular flexibility index (Phi) is 6.95. The fourth-order valence-electron chi connectivity index (χ4n) is 3.12. The molecular weight excluding hydrogens is 422 g/mol. The lowest BCUT2D eigenvalue weighted by molar-refractivity contribution is -0.115. The summed E-state index contributed by atoms with van der Waals surface area (Å²) in [5.74, 6) is -0.153. The summed E-state index contributed by atoms with van der Waals surface area (Å²) in [5, 5.41) is 7.79. The van der Waals surface area contributed by atoms with Gasteiger partial charge in [0, 0.05) is 24.0 Å². The monoisotopic (exact) mass is 445 g/mol. The second kappa shape index (κ2) is 9.45. The lowest BCUT2D eigenvalue weighted by Crippen LogP contribution is -2.14. The Balaban J connectivity index is 1.74. The molecule has 3 aromatic rings. The highest BCUT2D eigenvalue weighted by molar-refractivity contribution is 7.91. The van der Waals surface area contributed by atoms with Gasteiger partial charge in [-0.05, 0) is 48.4 Å². The van der Waals surface area contributed by atoms with E-state index in [0.29, 0.717) is 10.7 Å². The standard InChI is InChI=1S/C22H24ClN3O3S/c1-3-13-26-21(11-12-24-26)19-15-17(7-10-20(19)23)25-22(27)14-16-5-8-18(9-6-16)30(28,29)4-2/h5-12,15H,3-4,13-14H2,1-2H3,(H,25,27). The van der Waals surface area contributed by atoms with Crippen LogP contribution in [0.25, 0.3) is 11.3 Å². The smallest absolute Gasteiger partial charge is 0.228 e. The lowest BCUT2D eigenvalue weighted by Gasteiger charge is -2.11. The van der Waals surface area contributed by atoms with Gasteiger partial charge >= 0.3 is 0 Å². The first-order chi connectivity index (χ1) is 14.3. The van der Waals surface area contributed by atoms with E-state index in [1.807, 2.05) is 16.8 Å². The maximum atomic E-state index is 12.5. The molecule has 0 spiro atoms. The molecule has 2 aromatic carbocycles. The van der Waals surface area contributed by atoms with Crippen molar-refractivity contribution in [1.82, 2.24) is 9.78 Å². The van der Waals surface area contributed by atoms with E-state index >= 15 is 0 Å². The number of benzene rings is 2. The van der Waals surface area contributed by atoms with Gasteiger partial charge in [-0.15, -0.1) is 0 Å². The predicted octanol–water partition coefficient (Wildman–Crippen LogP) is 4.59. The first-order valence-electron chi connectivity index (χ1n) is 9.77. The van der Waals surface area contributed by atoms with Crippen LogP contribution in [0, 0.1) is 0 Å². The van der Waals surface area contributed by atoms with Crippen LogP contribution in [0.5, 0.6) is 0 Å². The summed E-state index contributed by atoms with van der Waals surface area (Å²) in [4.78, 5) is 12.8. The van der Waals surface area contributed by atoms with Crippen LogP contribution in [0.3, 0.4) is 0 Å². The molecule has 0 bridgehead atoms. The van der Waals surface area contributed by atoms with Crippen LogP contribution in [0.2, 0.25) is 5.02 Å². The van der Waals surface area contributed by atoms with Crippen LogP contribution in [-0.4, -0.2) is 29.9 Å². The van der Waals surface area contributed by atoms with Crippen LogP contribution in [-0.2, 0) is 27.6 Å². The predicted molar refractivity (Wildman–Crippen MR) is 119 cm³/mol. The van der Waals surface area contributed by atoms with Crippen LogP contribution >= 0.6 is 11.6 Å². The summed E-state index contributed by atoms with van der Waals surface area (Å²) in [6, 6.07) is 13.6. The van der Waals surface area contributed by atoms with Crippen LogP contribution < -0.4 is 5.32 Å². The first-order valence-corrected chi connectivity index (χ1v) is 11.8. The fraction of sp³-hybridized carbons (Fsp3) is 0.273. The molecule has 0 aliphatic rings. The van der Waals surface area contributed by atoms with Crippen LogP contribution in [0.1, 0.15) is 25.8 Å². The van der Waals surface area contributed by atoms with E-state index in [2.05, 4.69) is 17.3 Å². The summed E-state index contributed by atoms with van der Waals surface area (Å²) < 4.78 is 25.7. The molecule has 1 heterocycles. The summed E-state index contributed by atoms with van der Waals surface area (Å²) in [6.07, 6.45) is 2.81. The third kappa shape index (κ3) is 5.09. The molecule has 0 aliphatic carbocycles. The number of sulfone groups is 1. The number of rotatable bonds is 8.